The number of hydrogen-bond acceptors (Lipinski definition) is 6. The minimum atomic E-state index is -0.506. The average molecular weight is 346 g/mol. The van der Waals surface area contributed by atoms with Crippen LogP contribution in [-0.4, -0.2) is 51.8 Å². The Labute approximate surface area is 143 Å². The fourth-order valence-corrected chi connectivity index (χ4v) is 3.57. The molecular formula is C16H18N4O3S. The average Bonchev–Trinajstić information content (AvgIpc) is 3.00. The molecule has 7 nitrogen and oxygen atoms in total. The first-order chi connectivity index (χ1) is 11.5. The van der Waals surface area contributed by atoms with Crippen LogP contribution in [0.5, 0.6) is 0 Å². The molecule has 3 rings (SSSR count). The maximum absolute atomic E-state index is 12.6. The van der Waals surface area contributed by atoms with E-state index in [1.54, 1.807) is 28.4 Å². The van der Waals surface area contributed by atoms with Gasteiger partial charge in [-0.1, -0.05) is 12.1 Å². The van der Waals surface area contributed by atoms with Crippen LogP contribution in [0.3, 0.4) is 0 Å². The van der Waals surface area contributed by atoms with Gasteiger partial charge in [0.25, 0.3) is 11.6 Å². The van der Waals surface area contributed by atoms with E-state index >= 15 is 0 Å². The zero-order chi connectivity index (χ0) is 17.1. The van der Waals surface area contributed by atoms with Crippen LogP contribution in [0.4, 0.5) is 5.69 Å². The fraction of sp³-hybridized carbons (Fsp3) is 0.375. The van der Waals surface area contributed by atoms with Crippen molar-refractivity contribution in [3.8, 4) is 0 Å². The van der Waals surface area contributed by atoms with Crippen molar-refractivity contribution in [3.05, 3.63) is 56.0 Å². The minimum absolute atomic E-state index is 0.136. The topological polar surface area (TPSA) is 79.6 Å². The summed E-state index contributed by atoms with van der Waals surface area (Å²) >= 11 is 1.64. The molecule has 0 bridgehead atoms. The van der Waals surface area contributed by atoms with Crippen LogP contribution in [-0.2, 0) is 6.54 Å². The van der Waals surface area contributed by atoms with Crippen molar-refractivity contribution in [2.24, 2.45) is 0 Å². The Hall–Kier alpha value is -2.32. The van der Waals surface area contributed by atoms with E-state index in [1.807, 2.05) is 12.3 Å². The van der Waals surface area contributed by atoms with Crippen LogP contribution in [0.15, 0.2) is 29.6 Å². The highest BCUT2D eigenvalue weighted by molar-refractivity contribution is 7.09. The summed E-state index contributed by atoms with van der Waals surface area (Å²) < 4.78 is 0. The summed E-state index contributed by atoms with van der Waals surface area (Å²) in [6.07, 6.45) is 0. The van der Waals surface area contributed by atoms with Crippen molar-refractivity contribution in [2.75, 3.05) is 26.2 Å². The molecule has 126 valence electrons. The Kier molecular flexibility index (Phi) is 4.86. The number of aromatic nitrogens is 1. The number of piperazine rings is 1. The number of para-hydroxylation sites is 1. The lowest BCUT2D eigenvalue weighted by molar-refractivity contribution is -0.385. The predicted molar refractivity (Wildman–Crippen MR) is 91.1 cm³/mol. The minimum Gasteiger partial charge on any atom is -0.336 e. The van der Waals surface area contributed by atoms with Crippen LogP contribution >= 0.6 is 11.3 Å². The Morgan fingerprint density at radius 2 is 2.00 bits per heavy atom. The molecule has 0 unspecified atom stereocenters. The highest BCUT2D eigenvalue weighted by Crippen LogP contribution is 2.21. The van der Waals surface area contributed by atoms with Gasteiger partial charge in [0.2, 0.25) is 0 Å². The number of carbonyl (C=O) groups excluding carboxylic acids is 1. The standard InChI is InChI=1S/C16H18N4O3S/c1-12-11-24-15(17-12)10-18-6-8-19(9-7-18)16(21)13-4-2-3-5-14(13)20(22)23/h2-5,11H,6-10H2,1H3. The van der Waals surface area contributed by atoms with Crippen LogP contribution in [0.2, 0.25) is 0 Å². The zero-order valence-electron chi connectivity index (χ0n) is 13.3. The van der Waals surface area contributed by atoms with Crippen molar-refractivity contribution < 1.29 is 9.72 Å². The summed E-state index contributed by atoms with van der Waals surface area (Å²) in [7, 11) is 0. The molecule has 2 aromatic rings. The molecule has 1 saturated heterocycles. The Morgan fingerprint density at radius 3 is 2.62 bits per heavy atom. The Bertz CT molecular complexity index is 753. The lowest BCUT2D eigenvalue weighted by atomic mass is 10.1. The zero-order valence-corrected chi connectivity index (χ0v) is 14.2. The summed E-state index contributed by atoms with van der Waals surface area (Å²) in [6, 6.07) is 6.11. The number of aryl methyl sites for hydroxylation is 1. The van der Waals surface area contributed by atoms with Crippen molar-refractivity contribution in [1.29, 1.82) is 0 Å². The molecular weight excluding hydrogens is 328 g/mol. The molecule has 0 N–H and O–H groups in total. The maximum atomic E-state index is 12.6. The van der Waals surface area contributed by atoms with Gasteiger partial charge in [-0.05, 0) is 13.0 Å². The molecule has 1 aliphatic heterocycles. The van der Waals surface area contributed by atoms with E-state index < -0.39 is 4.92 Å². The van der Waals surface area contributed by atoms with Gasteiger partial charge in [-0.2, -0.15) is 0 Å². The molecule has 0 saturated carbocycles. The van der Waals surface area contributed by atoms with Crippen LogP contribution in [0.1, 0.15) is 21.1 Å². The van der Waals surface area contributed by atoms with Gasteiger partial charge in [-0.15, -0.1) is 11.3 Å². The second-order valence-corrected chi connectivity index (χ2v) is 6.67. The van der Waals surface area contributed by atoms with Gasteiger partial charge in [0, 0.05) is 43.3 Å². The van der Waals surface area contributed by atoms with E-state index in [0.29, 0.717) is 13.1 Å². The Balaban J connectivity index is 1.62. The van der Waals surface area contributed by atoms with Crippen LogP contribution < -0.4 is 0 Å². The molecule has 0 radical (unpaired) electrons. The van der Waals surface area contributed by atoms with Gasteiger partial charge in [0.15, 0.2) is 0 Å². The molecule has 8 heteroatoms. The summed E-state index contributed by atoms with van der Waals surface area (Å²) in [5, 5.41) is 14.2. The number of hydrogen-bond donors (Lipinski definition) is 0. The maximum Gasteiger partial charge on any atom is 0.282 e. The smallest absolute Gasteiger partial charge is 0.282 e. The van der Waals surface area contributed by atoms with Crippen molar-refractivity contribution in [1.82, 2.24) is 14.8 Å². The second-order valence-electron chi connectivity index (χ2n) is 5.73. The number of nitro groups is 1. The molecule has 1 aromatic carbocycles. The van der Waals surface area contributed by atoms with Crippen molar-refractivity contribution in [3.63, 3.8) is 0 Å². The van der Waals surface area contributed by atoms with Crippen LogP contribution in [0.25, 0.3) is 0 Å². The highest BCUT2D eigenvalue weighted by Gasteiger charge is 2.27. The van der Waals surface area contributed by atoms with E-state index in [-0.39, 0.29) is 17.2 Å². The molecule has 1 fully saturated rings. The third-order valence-corrected chi connectivity index (χ3v) is 4.97. The van der Waals surface area contributed by atoms with Crippen molar-refractivity contribution >= 4 is 22.9 Å². The van der Waals surface area contributed by atoms with Gasteiger partial charge in [0.05, 0.1) is 11.5 Å². The summed E-state index contributed by atoms with van der Waals surface area (Å²) in [5.74, 6) is -0.271. The fourth-order valence-electron chi connectivity index (χ4n) is 2.76. The van der Waals surface area contributed by atoms with E-state index in [0.717, 1.165) is 30.3 Å². The molecule has 24 heavy (non-hydrogen) atoms. The predicted octanol–water partition coefficient (Wildman–Crippen LogP) is 2.32. The number of amides is 1. The number of thiazole rings is 1. The number of nitrogens with zero attached hydrogens (tertiary/aromatic N) is 4. The summed E-state index contributed by atoms with van der Waals surface area (Å²) in [6.45, 7) is 5.37. The largest absolute Gasteiger partial charge is 0.336 e. The first-order valence-corrected chi connectivity index (χ1v) is 8.58. The first kappa shape index (κ1) is 16.5. The molecule has 1 aliphatic rings. The molecule has 2 heterocycles. The lowest BCUT2D eigenvalue weighted by Gasteiger charge is -2.34. The molecule has 1 aromatic heterocycles. The highest BCUT2D eigenvalue weighted by atomic mass is 32.1. The Morgan fingerprint density at radius 1 is 1.29 bits per heavy atom. The molecule has 0 atom stereocenters. The first-order valence-electron chi connectivity index (χ1n) is 7.70. The quantitative estimate of drug-likeness (QED) is 0.627. The van der Waals surface area contributed by atoms with Gasteiger partial charge in [0.1, 0.15) is 10.6 Å². The normalized spacial score (nSPS) is 15.5. The van der Waals surface area contributed by atoms with E-state index in [2.05, 4.69) is 9.88 Å². The van der Waals surface area contributed by atoms with Gasteiger partial charge in [-0.3, -0.25) is 19.8 Å². The van der Waals surface area contributed by atoms with E-state index in [4.69, 9.17) is 0 Å². The van der Waals surface area contributed by atoms with Gasteiger partial charge in [-0.25, -0.2) is 4.98 Å². The second kappa shape index (κ2) is 7.06. The number of rotatable bonds is 4. The monoisotopic (exact) mass is 346 g/mol. The number of nitro benzene ring substituents is 1. The van der Waals surface area contributed by atoms with Gasteiger partial charge < -0.3 is 4.90 Å². The van der Waals surface area contributed by atoms with E-state index in [9.17, 15) is 14.9 Å². The van der Waals surface area contributed by atoms with Gasteiger partial charge >= 0.3 is 0 Å². The summed E-state index contributed by atoms with van der Waals surface area (Å²) in [4.78, 5) is 31.6. The third kappa shape index (κ3) is 3.60. The SMILES string of the molecule is Cc1csc(CN2CCN(C(=O)c3ccccc3[N+](=O)[O-])CC2)n1. The molecule has 0 spiro atoms. The van der Waals surface area contributed by atoms with Crippen molar-refractivity contribution in [2.45, 2.75) is 13.5 Å². The summed E-state index contributed by atoms with van der Waals surface area (Å²) in [5.41, 5.74) is 1.05. The molecule has 1 amide bonds. The number of carbonyl (C=O) groups is 1. The lowest BCUT2D eigenvalue weighted by Crippen LogP contribution is -2.48. The number of benzene rings is 1. The van der Waals surface area contributed by atoms with Crippen LogP contribution in [0, 0.1) is 17.0 Å². The third-order valence-electron chi connectivity index (χ3n) is 4.02. The van der Waals surface area contributed by atoms with E-state index in [1.165, 1.54) is 12.1 Å². The molecule has 0 aliphatic carbocycles.